The molecular weight excluding hydrogens is 310 g/mol. The van der Waals surface area contributed by atoms with Crippen LogP contribution < -0.4 is 5.56 Å². The summed E-state index contributed by atoms with van der Waals surface area (Å²) >= 11 is 0. The third-order valence-electron chi connectivity index (χ3n) is 3.38. The standard InChI is InChI=1S/C13H15N3O7/c17-11-2-1-9(16(21)22)6-15(11)8-12(18)14-3-4-23-10(7-14)5-13(19)20/h1-2,6,10H,3-5,7-8H2,(H,19,20). The zero-order valence-electron chi connectivity index (χ0n) is 12.1. The van der Waals surface area contributed by atoms with Gasteiger partial charge in [-0.25, -0.2) is 0 Å². The Bertz CT molecular complexity index is 684. The lowest BCUT2D eigenvalue weighted by Gasteiger charge is -2.32. The van der Waals surface area contributed by atoms with Gasteiger partial charge in [-0.3, -0.25) is 29.1 Å². The SMILES string of the molecule is O=C(O)CC1CN(C(=O)Cn2cc([N+](=O)[O-])ccc2=O)CCO1. The Morgan fingerprint density at radius 3 is 2.83 bits per heavy atom. The van der Waals surface area contributed by atoms with E-state index in [0.717, 1.165) is 22.9 Å². The van der Waals surface area contributed by atoms with Gasteiger partial charge in [-0.05, 0) is 0 Å². The highest BCUT2D eigenvalue weighted by molar-refractivity contribution is 5.76. The first-order valence-corrected chi connectivity index (χ1v) is 6.83. The Balaban J connectivity index is 2.06. The van der Waals surface area contributed by atoms with E-state index in [1.807, 2.05) is 0 Å². The summed E-state index contributed by atoms with van der Waals surface area (Å²) in [4.78, 5) is 46.1. The normalized spacial score (nSPS) is 17.7. The van der Waals surface area contributed by atoms with Crippen molar-refractivity contribution in [3.63, 3.8) is 0 Å². The monoisotopic (exact) mass is 325 g/mol. The fourth-order valence-corrected chi connectivity index (χ4v) is 2.26. The van der Waals surface area contributed by atoms with Gasteiger partial charge in [0.1, 0.15) is 6.54 Å². The molecule has 2 heterocycles. The van der Waals surface area contributed by atoms with Crippen LogP contribution in [0.1, 0.15) is 6.42 Å². The van der Waals surface area contributed by atoms with E-state index in [0.29, 0.717) is 0 Å². The second-order valence-corrected chi connectivity index (χ2v) is 5.04. The van der Waals surface area contributed by atoms with Crippen molar-refractivity contribution in [2.75, 3.05) is 19.7 Å². The van der Waals surface area contributed by atoms with Crippen LogP contribution in [0.3, 0.4) is 0 Å². The van der Waals surface area contributed by atoms with Gasteiger partial charge in [0.15, 0.2) is 0 Å². The van der Waals surface area contributed by atoms with E-state index in [1.165, 1.54) is 4.90 Å². The molecule has 124 valence electrons. The maximum atomic E-state index is 12.2. The molecular formula is C13H15N3O7. The van der Waals surface area contributed by atoms with Crippen LogP contribution in [0, 0.1) is 10.1 Å². The molecule has 10 heteroatoms. The zero-order valence-corrected chi connectivity index (χ0v) is 12.1. The van der Waals surface area contributed by atoms with E-state index >= 15 is 0 Å². The number of rotatable bonds is 5. The minimum Gasteiger partial charge on any atom is -0.481 e. The molecule has 0 aliphatic carbocycles. The van der Waals surface area contributed by atoms with E-state index in [1.54, 1.807) is 0 Å². The van der Waals surface area contributed by atoms with E-state index in [2.05, 4.69) is 0 Å². The molecule has 0 aromatic carbocycles. The lowest BCUT2D eigenvalue weighted by atomic mass is 10.2. The highest BCUT2D eigenvalue weighted by atomic mass is 16.6. The van der Waals surface area contributed by atoms with E-state index < -0.39 is 28.5 Å². The van der Waals surface area contributed by atoms with Gasteiger partial charge in [-0.2, -0.15) is 0 Å². The molecule has 1 unspecified atom stereocenters. The number of nitrogens with zero attached hydrogens (tertiary/aromatic N) is 3. The van der Waals surface area contributed by atoms with Gasteiger partial charge >= 0.3 is 5.97 Å². The molecule has 10 nitrogen and oxygen atoms in total. The molecule has 1 aromatic rings. The lowest BCUT2D eigenvalue weighted by molar-refractivity contribution is -0.385. The molecule has 0 saturated carbocycles. The van der Waals surface area contributed by atoms with Crippen molar-refractivity contribution in [2.24, 2.45) is 0 Å². The number of carboxylic acids is 1. The molecule has 23 heavy (non-hydrogen) atoms. The number of hydrogen-bond donors (Lipinski definition) is 1. The molecule has 2 rings (SSSR count). The third kappa shape index (κ3) is 4.36. The average Bonchev–Trinajstić information content (AvgIpc) is 2.48. The Hall–Kier alpha value is -2.75. The van der Waals surface area contributed by atoms with Crippen LogP contribution in [-0.4, -0.2) is 57.2 Å². The largest absolute Gasteiger partial charge is 0.481 e. The molecule has 1 amide bonds. The highest BCUT2D eigenvalue weighted by Crippen LogP contribution is 2.11. The summed E-state index contributed by atoms with van der Waals surface area (Å²) in [7, 11) is 0. The van der Waals surface area contributed by atoms with Gasteiger partial charge < -0.3 is 14.7 Å². The van der Waals surface area contributed by atoms with Crippen LogP contribution in [0.2, 0.25) is 0 Å². The summed E-state index contributed by atoms with van der Waals surface area (Å²) in [5.74, 6) is -1.45. The number of carbonyl (C=O) groups is 2. The molecule has 0 spiro atoms. The smallest absolute Gasteiger partial charge is 0.306 e. The summed E-state index contributed by atoms with van der Waals surface area (Å²) in [6.45, 7) is 0.237. The number of aromatic nitrogens is 1. The Morgan fingerprint density at radius 1 is 1.43 bits per heavy atom. The third-order valence-corrected chi connectivity index (χ3v) is 3.38. The van der Waals surface area contributed by atoms with Crippen molar-refractivity contribution in [1.29, 1.82) is 0 Å². The minimum absolute atomic E-state index is 0.106. The van der Waals surface area contributed by atoms with Crippen LogP contribution in [0.25, 0.3) is 0 Å². The van der Waals surface area contributed by atoms with E-state index in [9.17, 15) is 24.5 Å². The Morgan fingerprint density at radius 2 is 2.17 bits per heavy atom. The molecule has 0 radical (unpaired) electrons. The summed E-state index contributed by atoms with van der Waals surface area (Å²) in [5, 5.41) is 19.5. The number of carbonyl (C=O) groups excluding carboxylic acids is 1. The van der Waals surface area contributed by atoms with Crippen molar-refractivity contribution < 1.29 is 24.4 Å². The average molecular weight is 325 g/mol. The van der Waals surface area contributed by atoms with Gasteiger partial charge in [0.05, 0.1) is 30.3 Å². The van der Waals surface area contributed by atoms with Gasteiger partial charge in [0.25, 0.3) is 11.2 Å². The molecule has 1 atom stereocenters. The predicted octanol–water partition coefficient (Wildman–Crippen LogP) is -0.541. The maximum Gasteiger partial charge on any atom is 0.306 e. The van der Waals surface area contributed by atoms with Gasteiger partial charge in [-0.1, -0.05) is 0 Å². The number of pyridine rings is 1. The molecule has 0 bridgehead atoms. The van der Waals surface area contributed by atoms with Crippen molar-refractivity contribution in [3.8, 4) is 0 Å². The van der Waals surface area contributed by atoms with Crippen LogP contribution >= 0.6 is 0 Å². The topological polar surface area (TPSA) is 132 Å². The van der Waals surface area contributed by atoms with Crippen molar-refractivity contribution in [1.82, 2.24) is 9.47 Å². The lowest BCUT2D eigenvalue weighted by Crippen LogP contribution is -2.47. The van der Waals surface area contributed by atoms with Crippen LogP contribution in [0.5, 0.6) is 0 Å². The fourth-order valence-electron chi connectivity index (χ4n) is 2.26. The molecule has 1 aliphatic heterocycles. The van der Waals surface area contributed by atoms with Gasteiger partial charge in [0, 0.05) is 25.2 Å². The first kappa shape index (κ1) is 16.6. The van der Waals surface area contributed by atoms with Crippen LogP contribution in [0.15, 0.2) is 23.1 Å². The van der Waals surface area contributed by atoms with E-state index in [-0.39, 0.29) is 38.3 Å². The quantitative estimate of drug-likeness (QED) is 0.568. The summed E-state index contributed by atoms with van der Waals surface area (Å²) < 4.78 is 6.22. The molecule has 1 saturated heterocycles. The second kappa shape index (κ2) is 7.01. The summed E-state index contributed by atoms with van der Waals surface area (Å²) in [6.07, 6.45) is 0.183. The van der Waals surface area contributed by atoms with Gasteiger partial charge in [0.2, 0.25) is 5.91 Å². The highest BCUT2D eigenvalue weighted by Gasteiger charge is 2.26. The second-order valence-electron chi connectivity index (χ2n) is 5.04. The number of ether oxygens (including phenoxy) is 1. The van der Waals surface area contributed by atoms with Crippen molar-refractivity contribution in [3.05, 3.63) is 38.8 Å². The minimum atomic E-state index is -1.03. The Labute approximate surface area is 130 Å². The molecule has 1 fully saturated rings. The number of morpholine rings is 1. The van der Waals surface area contributed by atoms with Crippen molar-refractivity contribution in [2.45, 2.75) is 19.1 Å². The number of aliphatic carboxylic acids is 1. The first-order chi connectivity index (χ1) is 10.9. The van der Waals surface area contributed by atoms with E-state index in [4.69, 9.17) is 9.84 Å². The summed E-state index contributed by atoms with van der Waals surface area (Å²) in [6, 6.07) is 2.10. The molecule has 1 aromatic heterocycles. The van der Waals surface area contributed by atoms with Crippen molar-refractivity contribution >= 4 is 17.6 Å². The van der Waals surface area contributed by atoms with Crippen LogP contribution in [0.4, 0.5) is 5.69 Å². The first-order valence-electron chi connectivity index (χ1n) is 6.83. The maximum absolute atomic E-state index is 12.2. The summed E-state index contributed by atoms with van der Waals surface area (Å²) in [5.41, 5.74) is -0.817. The molecule has 1 aliphatic rings. The number of carboxylic acid groups (broad SMARTS) is 1. The number of nitro groups is 1. The van der Waals surface area contributed by atoms with Crippen LogP contribution in [-0.2, 0) is 20.9 Å². The van der Waals surface area contributed by atoms with Gasteiger partial charge in [-0.15, -0.1) is 0 Å². The number of amides is 1. The predicted molar refractivity (Wildman–Crippen MR) is 75.9 cm³/mol. The Kier molecular flexibility index (Phi) is 5.06. The molecule has 1 N–H and O–H groups in total. The number of hydrogen-bond acceptors (Lipinski definition) is 6. The fraction of sp³-hybridized carbons (Fsp3) is 0.462. The zero-order chi connectivity index (χ0) is 17.0.